The van der Waals surface area contributed by atoms with Crippen molar-refractivity contribution in [3.05, 3.63) is 43.8 Å². The van der Waals surface area contributed by atoms with Gasteiger partial charge in [-0.15, -0.1) is 11.3 Å². The third-order valence-corrected chi connectivity index (χ3v) is 5.47. The third-order valence-electron chi connectivity index (χ3n) is 3.69. The zero-order chi connectivity index (χ0) is 16.2. The van der Waals surface area contributed by atoms with Crippen molar-refractivity contribution in [2.45, 2.75) is 32.1 Å². The van der Waals surface area contributed by atoms with Crippen LogP contribution in [0.15, 0.2) is 18.2 Å². The molecule has 0 bridgehead atoms. The van der Waals surface area contributed by atoms with E-state index >= 15 is 0 Å². The predicted molar refractivity (Wildman–Crippen MR) is 95.9 cm³/mol. The van der Waals surface area contributed by atoms with E-state index in [4.69, 9.17) is 23.2 Å². The number of aryl methyl sites for hydroxylation is 2. The van der Waals surface area contributed by atoms with E-state index in [1.165, 1.54) is 23.4 Å². The minimum atomic E-state index is -0.296. The first kappa shape index (κ1) is 16.6. The Hall–Kier alpha value is -1.30. The van der Waals surface area contributed by atoms with Crippen molar-refractivity contribution in [1.82, 2.24) is 10.3 Å². The molecule has 0 unspecified atom stereocenters. The number of aromatic nitrogens is 1. The van der Waals surface area contributed by atoms with Gasteiger partial charge in [0.2, 0.25) is 0 Å². The average molecular weight is 370 g/mol. The number of carbonyl (C=O) groups excluding carboxylic acids is 1. The van der Waals surface area contributed by atoms with E-state index < -0.39 is 0 Å². The molecule has 0 fully saturated rings. The lowest BCUT2D eigenvalue weighted by Gasteiger charge is -2.08. The van der Waals surface area contributed by atoms with Crippen molar-refractivity contribution < 1.29 is 4.79 Å². The number of hydrogen-bond acceptors (Lipinski definition) is 3. The second kappa shape index (κ2) is 7.51. The molecule has 2 N–H and O–H groups in total. The fourth-order valence-corrected chi connectivity index (χ4v) is 4.05. The van der Waals surface area contributed by atoms with Gasteiger partial charge in [-0.1, -0.05) is 23.2 Å². The Balaban J connectivity index is 1.49. The van der Waals surface area contributed by atoms with Gasteiger partial charge in [0.15, 0.2) is 0 Å². The van der Waals surface area contributed by atoms with Crippen molar-refractivity contribution in [3.8, 4) is 0 Å². The second-order valence-electron chi connectivity index (χ2n) is 5.44. The van der Waals surface area contributed by atoms with Crippen molar-refractivity contribution in [3.63, 3.8) is 0 Å². The van der Waals surface area contributed by atoms with Gasteiger partial charge >= 0.3 is 6.03 Å². The van der Waals surface area contributed by atoms with Crippen LogP contribution in [0.3, 0.4) is 0 Å². The third kappa shape index (κ3) is 4.37. The van der Waals surface area contributed by atoms with Crippen LogP contribution in [0.25, 0.3) is 0 Å². The number of benzene rings is 1. The average Bonchev–Trinajstić information content (AvgIpc) is 2.93. The van der Waals surface area contributed by atoms with Crippen LogP contribution in [-0.4, -0.2) is 17.6 Å². The van der Waals surface area contributed by atoms with Crippen LogP contribution < -0.4 is 10.6 Å². The van der Waals surface area contributed by atoms with Crippen molar-refractivity contribution in [1.29, 1.82) is 0 Å². The van der Waals surface area contributed by atoms with Crippen molar-refractivity contribution in [2.75, 3.05) is 11.9 Å². The number of hydrogen-bond donors (Lipinski definition) is 2. The molecule has 1 heterocycles. The fourth-order valence-electron chi connectivity index (χ4n) is 2.56. The molecule has 23 heavy (non-hydrogen) atoms. The quantitative estimate of drug-likeness (QED) is 0.820. The van der Waals surface area contributed by atoms with E-state index in [9.17, 15) is 4.79 Å². The lowest BCUT2D eigenvalue weighted by molar-refractivity contribution is 0.252. The number of carbonyl (C=O) groups is 1. The van der Waals surface area contributed by atoms with E-state index in [-0.39, 0.29) is 6.03 Å². The molecule has 2 aromatic rings. The Morgan fingerprint density at radius 2 is 2.09 bits per heavy atom. The highest BCUT2D eigenvalue weighted by molar-refractivity contribution is 7.11. The SMILES string of the molecule is O=C(NCCc1nc2c(s1)CCCC2)Nc1cc(Cl)ccc1Cl. The lowest BCUT2D eigenvalue weighted by atomic mass is 10.0. The number of fused-ring (bicyclic) bond motifs is 1. The number of urea groups is 1. The molecular weight excluding hydrogens is 353 g/mol. The normalized spacial score (nSPS) is 13.5. The molecule has 122 valence electrons. The summed E-state index contributed by atoms with van der Waals surface area (Å²) in [5.41, 5.74) is 1.76. The van der Waals surface area contributed by atoms with Gasteiger partial charge in [-0.05, 0) is 43.9 Å². The van der Waals surface area contributed by atoms with E-state index in [2.05, 4.69) is 15.6 Å². The molecular formula is C16H17Cl2N3OS. The van der Waals surface area contributed by atoms with Gasteiger partial charge in [-0.25, -0.2) is 9.78 Å². The number of nitrogens with one attached hydrogen (secondary N) is 2. The van der Waals surface area contributed by atoms with E-state index in [0.717, 1.165) is 24.3 Å². The van der Waals surface area contributed by atoms with Crippen LogP contribution in [0.1, 0.15) is 28.4 Å². The summed E-state index contributed by atoms with van der Waals surface area (Å²) in [5.74, 6) is 0. The second-order valence-corrected chi connectivity index (χ2v) is 7.45. The first-order valence-electron chi connectivity index (χ1n) is 7.59. The largest absolute Gasteiger partial charge is 0.337 e. The van der Waals surface area contributed by atoms with E-state index in [0.29, 0.717) is 22.3 Å². The fraction of sp³-hybridized carbons (Fsp3) is 0.375. The lowest BCUT2D eigenvalue weighted by Crippen LogP contribution is -2.30. The molecule has 1 aliphatic carbocycles. The van der Waals surface area contributed by atoms with Crippen LogP contribution in [0, 0.1) is 0 Å². The van der Waals surface area contributed by atoms with Crippen LogP contribution in [0.4, 0.5) is 10.5 Å². The summed E-state index contributed by atoms with van der Waals surface area (Å²) >= 11 is 13.7. The Kier molecular flexibility index (Phi) is 5.41. The predicted octanol–water partition coefficient (Wildman–Crippen LogP) is 4.69. The van der Waals surface area contributed by atoms with Crippen LogP contribution >= 0.6 is 34.5 Å². The highest BCUT2D eigenvalue weighted by Gasteiger charge is 2.15. The van der Waals surface area contributed by atoms with E-state index in [1.54, 1.807) is 29.5 Å². The van der Waals surface area contributed by atoms with Crippen LogP contribution in [-0.2, 0) is 19.3 Å². The van der Waals surface area contributed by atoms with Gasteiger partial charge < -0.3 is 10.6 Å². The molecule has 3 rings (SSSR count). The summed E-state index contributed by atoms with van der Waals surface area (Å²) in [5, 5.41) is 7.60. The molecule has 0 saturated heterocycles. The van der Waals surface area contributed by atoms with Gasteiger partial charge in [0, 0.05) is 22.9 Å². The first-order chi connectivity index (χ1) is 11.1. The summed E-state index contributed by atoms with van der Waals surface area (Å²) in [6.45, 7) is 0.538. The molecule has 0 radical (unpaired) electrons. The Labute approximate surface area is 149 Å². The minimum absolute atomic E-state index is 0.296. The van der Waals surface area contributed by atoms with Gasteiger partial charge in [0.25, 0.3) is 0 Å². The minimum Gasteiger partial charge on any atom is -0.337 e. The zero-order valence-electron chi connectivity index (χ0n) is 12.5. The highest BCUT2D eigenvalue weighted by atomic mass is 35.5. The standard InChI is InChI=1S/C16H17Cl2N3OS/c17-10-5-6-11(18)13(9-10)21-16(22)19-8-7-15-20-12-3-1-2-4-14(12)23-15/h5-6,9H,1-4,7-8H2,(H2,19,21,22). The summed E-state index contributed by atoms with van der Waals surface area (Å²) in [4.78, 5) is 18.0. The summed E-state index contributed by atoms with van der Waals surface area (Å²) < 4.78 is 0. The van der Waals surface area contributed by atoms with Gasteiger partial charge in [-0.3, -0.25) is 0 Å². The molecule has 0 atom stereocenters. The van der Waals surface area contributed by atoms with Crippen molar-refractivity contribution in [2.24, 2.45) is 0 Å². The highest BCUT2D eigenvalue weighted by Crippen LogP contribution is 2.27. The Bertz CT molecular complexity index is 694. The Morgan fingerprint density at radius 1 is 1.26 bits per heavy atom. The number of anilines is 1. The number of thiazole rings is 1. The summed E-state index contributed by atoms with van der Waals surface area (Å²) in [6, 6.07) is 4.66. The van der Waals surface area contributed by atoms with Crippen molar-refractivity contribution >= 4 is 46.3 Å². The molecule has 0 aliphatic heterocycles. The molecule has 1 aliphatic rings. The molecule has 2 amide bonds. The molecule has 0 saturated carbocycles. The molecule has 7 heteroatoms. The maximum atomic E-state index is 11.9. The molecule has 1 aromatic carbocycles. The van der Waals surface area contributed by atoms with Gasteiger partial charge in [-0.2, -0.15) is 0 Å². The van der Waals surface area contributed by atoms with Gasteiger partial charge in [0.05, 0.1) is 21.4 Å². The maximum Gasteiger partial charge on any atom is 0.319 e. The number of rotatable bonds is 4. The summed E-state index contributed by atoms with van der Waals surface area (Å²) in [7, 11) is 0. The first-order valence-corrected chi connectivity index (χ1v) is 9.16. The van der Waals surface area contributed by atoms with Gasteiger partial charge in [0.1, 0.15) is 0 Å². The van der Waals surface area contributed by atoms with Crippen LogP contribution in [0.5, 0.6) is 0 Å². The monoisotopic (exact) mass is 369 g/mol. The smallest absolute Gasteiger partial charge is 0.319 e. The summed E-state index contributed by atoms with van der Waals surface area (Å²) in [6.07, 6.45) is 5.47. The van der Waals surface area contributed by atoms with Crippen LogP contribution in [0.2, 0.25) is 10.0 Å². The zero-order valence-corrected chi connectivity index (χ0v) is 14.8. The number of halogens is 2. The molecule has 0 spiro atoms. The van der Waals surface area contributed by atoms with E-state index in [1.807, 2.05) is 0 Å². The molecule has 1 aromatic heterocycles. The maximum absolute atomic E-state index is 11.9. The molecule has 4 nitrogen and oxygen atoms in total. The number of amides is 2. The number of nitrogens with zero attached hydrogens (tertiary/aromatic N) is 1. The Morgan fingerprint density at radius 3 is 2.91 bits per heavy atom. The topological polar surface area (TPSA) is 54.0 Å².